The highest BCUT2D eigenvalue weighted by Crippen LogP contribution is 2.22. The van der Waals surface area contributed by atoms with Gasteiger partial charge in [0.15, 0.2) is 0 Å². The van der Waals surface area contributed by atoms with Crippen molar-refractivity contribution in [2.24, 2.45) is 0 Å². The van der Waals surface area contributed by atoms with Crippen LogP contribution in [0.4, 0.5) is 5.95 Å². The van der Waals surface area contributed by atoms with Crippen LogP contribution in [0.1, 0.15) is 6.92 Å². The van der Waals surface area contributed by atoms with Crippen molar-refractivity contribution in [3.8, 4) is 0 Å². The molecule has 2 rings (SSSR count). The SMILES string of the molecule is CCS(=O)CCn1c(N)nc2ccc(Br)cc21. The normalized spacial score (nSPS) is 13.1. The average Bonchev–Trinajstić information content (AvgIpc) is 2.61. The molecule has 0 saturated heterocycles. The third kappa shape index (κ3) is 2.69. The summed E-state index contributed by atoms with van der Waals surface area (Å²) in [6, 6.07) is 5.83. The topological polar surface area (TPSA) is 60.9 Å². The second-order valence-corrected chi connectivity index (χ2v) is 6.47. The number of hydrogen-bond donors (Lipinski definition) is 1. The number of aryl methyl sites for hydroxylation is 1. The third-order valence-corrected chi connectivity index (χ3v) is 4.38. The number of imidazole rings is 1. The van der Waals surface area contributed by atoms with Crippen LogP contribution in [0.25, 0.3) is 11.0 Å². The zero-order chi connectivity index (χ0) is 12.4. The van der Waals surface area contributed by atoms with Crippen LogP contribution in [0.15, 0.2) is 22.7 Å². The van der Waals surface area contributed by atoms with E-state index in [0.29, 0.717) is 24.0 Å². The molecule has 2 aromatic rings. The second-order valence-electron chi connectivity index (χ2n) is 3.69. The van der Waals surface area contributed by atoms with Gasteiger partial charge in [-0.1, -0.05) is 22.9 Å². The Labute approximate surface area is 111 Å². The number of rotatable bonds is 4. The van der Waals surface area contributed by atoms with Crippen molar-refractivity contribution < 1.29 is 4.21 Å². The van der Waals surface area contributed by atoms with Gasteiger partial charge in [0.25, 0.3) is 0 Å². The number of nitrogen functional groups attached to an aromatic ring is 1. The molecule has 0 aliphatic carbocycles. The van der Waals surface area contributed by atoms with Gasteiger partial charge in [-0.2, -0.15) is 0 Å². The highest BCUT2D eigenvalue weighted by molar-refractivity contribution is 9.10. The molecule has 0 bridgehead atoms. The molecule has 1 unspecified atom stereocenters. The maximum Gasteiger partial charge on any atom is 0.201 e. The number of halogens is 1. The molecule has 0 aliphatic heterocycles. The molecule has 1 atom stereocenters. The summed E-state index contributed by atoms with van der Waals surface area (Å²) in [5.41, 5.74) is 7.71. The molecular formula is C11H14BrN3OS. The number of hydrogen-bond acceptors (Lipinski definition) is 3. The van der Waals surface area contributed by atoms with Gasteiger partial charge in [-0.3, -0.25) is 4.21 Å². The first kappa shape index (κ1) is 12.6. The Morgan fingerprint density at radius 3 is 3.00 bits per heavy atom. The summed E-state index contributed by atoms with van der Waals surface area (Å²) >= 11 is 3.43. The van der Waals surface area contributed by atoms with Gasteiger partial charge in [-0.15, -0.1) is 0 Å². The van der Waals surface area contributed by atoms with E-state index in [1.807, 2.05) is 29.7 Å². The predicted octanol–water partition coefficient (Wildman–Crippen LogP) is 2.15. The molecule has 0 amide bonds. The molecule has 1 aromatic heterocycles. The number of nitrogens with zero attached hydrogens (tertiary/aromatic N) is 2. The summed E-state index contributed by atoms with van der Waals surface area (Å²) in [4.78, 5) is 4.28. The highest BCUT2D eigenvalue weighted by atomic mass is 79.9. The van der Waals surface area contributed by atoms with E-state index < -0.39 is 10.8 Å². The van der Waals surface area contributed by atoms with E-state index in [2.05, 4.69) is 20.9 Å². The van der Waals surface area contributed by atoms with Gasteiger partial charge in [0, 0.05) is 33.3 Å². The van der Waals surface area contributed by atoms with E-state index >= 15 is 0 Å². The summed E-state index contributed by atoms with van der Waals surface area (Å²) in [7, 11) is -0.784. The zero-order valence-corrected chi connectivity index (χ0v) is 11.9. The van der Waals surface area contributed by atoms with Crippen LogP contribution in [0.5, 0.6) is 0 Å². The first-order valence-electron chi connectivity index (χ1n) is 5.38. The molecule has 4 nitrogen and oxygen atoms in total. The lowest BCUT2D eigenvalue weighted by molar-refractivity contribution is 0.677. The molecule has 0 spiro atoms. The third-order valence-electron chi connectivity index (χ3n) is 2.60. The quantitative estimate of drug-likeness (QED) is 0.940. The first-order valence-corrected chi connectivity index (χ1v) is 7.66. The fraction of sp³-hybridized carbons (Fsp3) is 0.364. The lowest BCUT2D eigenvalue weighted by Crippen LogP contribution is -2.11. The Bertz CT molecular complexity index is 567. The number of benzene rings is 1. The predicted molar refractivity (Wildman–Crippen MR) is 75.4 cm³/mol. The standard InChI is InChI=1S/C11H14BrN3OS/c1-2-17(16)6-5-15-10-7-8(12)3-4-9(10)14-11(15)13/h3-4,7H,2,5-6H2,1H3,(H2,13,14). The second kappa shape index (κ2) is 5.18. The molecule has 0 fully saturated rings. The highest BCUT2D eigenvalue weighted by Gasteiger charge is 2.09. The molecule has 1 aromatic carbocycles. The van der Waals surface area contributed by atoms with E-state index in [0.717, 1.165) is 15.5 Å². The van der Waals surface area contributed by atoms with Crippen LogP contribution < -0.4 is 5.73 Å². The van der Waals surface area contributed by atoms with Crippen LogP contribution >= 0.6 is 15.9 Å². The maximum absolute atomic E-state index is 11.4. The molecular weight excluding hydrogens is 302 g/mol. The zero-order valence-electron chi connectivity index (χ0n) is 9.52. The van der Waals surface area contributed by atoms with Crippen molar-refractivity contribution >= 4 is 43.7 Å². The van der Waals surface area contributed by atoms with Crippen molar-refractivity contribution in [1.29, 1.82) is 0 Å². The minimum absolute atomic E-state index is 0.478. The van der Waals surface area contributed by atoms with Crippen molar-refractivity contribution in [2.75, 3.05) is 17.2 Å². The van der Waals surface area contributed by atoms with E-state index in [4.69, 9.17) is 5.73 Å². The van der Waals surface area contributed by atoms with Gasteiger partial charge in [-0.25, -0.2) is 4.98 Å². The lowest BCUT2D eigenvalue weighted by atomic mass is 10.3. The Morgan fingerprint density at radius 1 is 1.53 bits per heavy atom. The fourth-order valence-corrected chi connectivity index (χ4v) is 2.71. The van der Waals surface area contributed by atoms with E-state index in [-0.39, 0.29) is 0 Å². The van der Waals surface area contributed by atoms with Gasteiger partial charge in [0.1, 0.15) is 0 Å². The van der Waals surface area contributed by atoms with Crippen LogP contribution in [0.2, 0.25) is 0 Å². The van der Waals surface area contributed by atoms with Gasteiger partial charge in [-0.05, 0) is 18.2 Å². The van der Waals surface area contributed by atoms with Gasteiger partial charge >= 0.3 is 0 Å². The van der Waals surface area contributed by atoms with Gasteiger partial charge in [0.05, 0.1) is 11.0 Å². The summed E-state index contributed by atoms with van der Waals surface area (Å²) in [5, 5.41) is 0. The largest absolute Gasteiger partial charge is 0.369 e. The fourth-order valence-electron chi connectivity index (χ4n) is 1.69. The molecule has 0 saturated carbocycles. The van der Waals surface area contributed by atoms with E-state index in [1.165, 1.54) is 0 Å². The molecule has 92 valence electrons. The summed E-state index contributed by atoms with van der Waals surface area (Å²) in [6.07, 6.45) is 0. The number of nitrogens with two attached hydrogens (primary N) is 1. The number of fused-ring (bicyclic) bond motifs is 1. The smallest absolute Gasteiger partial charge is 0.201 e. The van der Waals surface area contributed by atoms with Crippen molar-refractivity contribution in [3.05, 3.63) is 22.7 Å². The summed E-state index contributed by atoms with van der Waals surface area (Å²) < 4.78 is 14.3. The number of anilines is 1. The monoisotopic (exact) mass is 315 g/mol. The summed E-state index contributed by atoms with van der Waals surface area (Å²) in [6.45, 7) is 2.56. The molecule has 2 N–H and O–H groups in total. The van der Waals surface area contributed by atoms with E-state index in [1.54, 1.807) is 0 Å². The molecule has 1 heterocycles. The number of aromatic nitrogens is 2. The van der Waals surface area contributed by atoms with Crippen LogP contribution in [0.3, 0.4) is 0 Å². The van der Waals surface area contributed by atoms with Crippen molar-refractivity contribution in [3.63, 3.8) is 0 Å². The lowest BCUT2D eigenvalue weighted by Gasteiger charge is -2.05. The average molecular weight is 316 g/mol. The Balaban J connectivity index is 2.35. The van der Waals surface area contributed by atoms with Crippen molar-refractivity contribution in [2.45, 2.75) is 13.5 Å². The molecule has 17 heavy (non-hydrogen) atoms. The molecule has 0 radical (unpaired) electrons. The van der Waals surface area contributed by atoms with Gasteiger partial charge < -0.3 is 10.3 Å². The molecule has 0 aliphatic rings. The van der Waals surface area contributed by atoms with Crippen LogP contribution in [0, 0.1) is 0 Å². The Morgan fingerprint density at radius 2 is 2.29 bits per heavy atom. The van der Waals surface area contributed by atoms with Crippen LogP contribution in [-0.2, 0) is 17.3 Å². The van der Waals surface area contributed by atoms with E-state index in [9.17, 15) is 4.21 Å². The first-order chi connectivity index (χ1) is 8.11. The minimum Gasteiger partial charge on any atom is -0.369 e. The van der Waals surface area contributed by atoms with Gasteiger partial charge in [0.2, 0.25) is 5.95 Å². The van der Waals surface area contributed by atoms with Crippen molar-refractivity contribution in [1.82, 2.24) is 9.55 Å². The maximum atomic E-state index is 11.4. The minimum atomic E-state index is -0.784. The van der Waals surface area contributed by atoms with Crippen LogP contribution in [-0.4, -0.2) is 25.3 Å². The summed E-state index contributed by atoms with van der Waals surface area (Å²) in [5.74, 6) is 1.76. The molecule has 6 heteroatoms. The Hall–Kier alpha value is -0.880. The Kier molecular flexibility index (Phi) is 3.83.